The fraction of sp³-hybridized carbons (Fsp3) is 0.125. The number of aromatic carboxylic acids is 1. The summed E-state index contributed by atoms with van der Waals surface area (Å²) >= 11 is 0.844. The number of hydrogen-bond donors (Lipinski definition) is 3. The zero-order valence-electron chi connectivity index (χ0n) is 8.82. The predicted octanol–water partition coefficient (Wildman–Crippen LogP) is 0.0429. The number of carboxylic acid groups (broad SMARTS) is 1. The van der Waals surface area contributed by atoms with Crippen LogP contribution in [0.15, 0.2) is 22.0 Å². The van der Waals surface area contributed by atoms with Gasteiger partial charge in [0.05, 0.1) is 12.1 Å². The van der Waals surface area contributed by atoms with E-state index < -0.39 is 16.0 Å². The van der Waals surface area contributed by atoms with Crippen molar-refractivity contribution in [2.24, 2.45) is 0 Å². The lowest BCUT2D eigenvalue weighted by Gasteiger charge is -2.01. The lowest BCUT2D eigenvalue weighted by atomic mass is 10.4. The minimum absolute atomic E-state index is 0.0390. The molecule has 0 fully saturated rings. The molecule has 0 spiro atoms. The van der Waals surface area contributed by atoms with Crippen LogP contribution in [-0.4, -0.2) is 34.7 Å². The van der Waals surface area contributed by atoms with Gasteiger partial charge in [-0.05, 0) is 6.07 Å². The summed E-state index contributed by atoms with van der Waals surface area (Å²) in [7, 11) is -3.73. The highest BCUT2D eigenvalue weighted by Crippen LogP contribution is 2.20. The first-order valence-corrected chi connectivity index (χ1v) is 7.01. The average molecular weight is 288 g/mol. The van der Waals surface area contributed by atoms with Crippen molar-refractivity contribution in [3.8, 4) is 0 Å². The van der Waals surface area contributed by atoms with Gasteiger partial charge in [0, 0.05) is 5.38 Å². The average Bonchev–Trinajstić information content (AvgIpc) is 2.98. The van der Waals surface area contributed by atoms with Crippen molar-refractivity contribution in [3.05, 3.63) is 29.2 Å². The number of thiophene rings is 1. The van der Waals surface area contributed by atoms with E-state index in [1.807, 2.05) is 0 Å². The quantitative estimate of drug-likeness (QED) is 0.713. The largest absolute Gasteiger partial charge is 0.478 e. The van der Waals surface area contributed by atoms with Crippen molar-refractivity contribution < 1.29 is 18.3 Å². The van der Waals surface area contributed by atoms with Crippen molar-refractivity contribution >= 4 is 27.3 Å². The first kappa shape index (κ1) is 12.7. The second kappa shape index (κ2) is 4.84. The molecule has 2 aromatic heterocycles. The molecule has 2 heterocycles. The van der Waals surface area contributed by atoms with Crippen LogP contribution in [-0.2, 0) is 16.6 Å². The highest BCUT2D eigenvalue weighted by molar-refractivity contribution is 7.91. The molecule has 8 nitrogen and oxygen atoms in total. The van der Waals surface area contributed by atoms with Crippen molar-refractivity contribution in [2.75, 3.05) is 0 Å². The van der Waals surface area contributed by atoms with E-state index in [0.29, 0.717) is 5.82 Å². The number of carbonyl (C=O) groups is 1. The Kier molecular flexibility index (Phi) is 3.41. The van der Waals surface area contributed by atoms with Crippen molar-refractivity contribution in [1.82, 2.24) is 19.9 Å². The Balaban J connectivity index is 2.12. The standard InChI is InChI=1S/C8H8N4O4S2/c13-8(14)5-1-7(17-3-5)18(15,16)11-2-6-9-4-10-12-6/h1,3-4,11H,2H2,(H,13,14)(H,9,10,12). The number of aromatic amines is 1. The molecule has 10 heteroatoms. The molecule has 0 saturated heterocycles. The molecule has 2 aromatic rings. The maximum absolute atomic E-state index is 11.8. The van der Waals surface area contributed by atoms with E-state index in [-0.39, 0.29) is 16.3 Å². The van der Waals surface area contributed by atoms with Crippen LogP contribution in [0.1, 0.15) is 16.2 Å². The molecule has 2 rings (SSSR count). The zero-order valence-corrected chi connectivity index (χ0v) is 10.5. The highest BCUT2D eigenvalue weighted by atomic mass is 32.2. The summed E-state index contributed by atoms with van der Waals surface area (Å²) in [5, 5.41) is 16.1. The Morgan fingerprint density at radius 1 is 1.56 bits per heavy atom. The fourth-order valence-electron chi connectivity index (χ4n) is 1.12. The predicted molar refractivity (Wildman–Crippen MR) is 61.7 cm³/mol. The van der Waals surface area contributed by atoms with Crippen molar-refractivity contribution in [2.45, 2.75) is 10.8 Å². The summed E-state index contributed by atoms with van der Waals surface area (Å²) in [6.07, 6.45) is 1.26. The molecular weight excluding hydrogens is 280 g/mol. The van der Waals surface area contributed by atoms with Gasteiger partial charge in [-0.2, -0.15) is 5.10 Å². The van der Waals surface area contributed by atoms with E-state index in [1.165, 1.54) is 11.7 Å². The number of nitrogens with zero attached hydrogens (tertiary/aromatic N) is 2. The third-order valence-corrected chi connectivity index (χ3v) is 4.82. The third-order valence-electron chi connectivity index (χ3n) is 1.98. The fourth-order valence-corrected chi connectivity index (χ4v) is 3.31. The Labute approximate surface area is 106 Å². The van der Waals surface area contributed by atoms with Gasteiger partial charge in [0.1, 0.15) is 16.4 Å². The Morgan fingerprint density at radius 2 is 2.33 bits per heavy atom. The van der Waals surface area contributed by atoms with Gasteiger partial charge in [0.2, 0.25) is 10.0 Å². The molecule has 0 radical (unpaired) electrons. The summed E-state index contributed by atoms with van der Waals surface area (Å²) in [5.74, 6) is -0.795. The van der Waals surface area contributed by atoms with E-state index in [4.69, 9.17) is 5.11 Å². The van der Waals surface area contributed by atoms with Crippen LogP contribution < -0.4 is 4.72 Å². The first-order valence-electron chi connectivity index (χ1n) is 4.65. The van der Waals surface area contributed by atoms with Crippen molar-refractivity contribution in [3.63, 3.8) is 0 Å². The number of nitrogens with one attached hydrogen (secondary N) is 2. The molecule has 0 atom stereocenters. The topological polar surface area (TPSA) is 125 Å². The summed E-state index contributed by atoms with van der Waals surface area (Å²) < 4.78 is 25.8. The Bertz CT molecular complexity index is 646. The summed E-state index contributed by atoms with van der Waals surface area (Å²) in [6.45, 7) is -0.0390. The second-order valence-corrected chi connectivity index (χ2v) is 6.12. The number of sulfonamides is 1. The van der Waals surface area contributed by atoms with Crippen LogP contribution in [0.25, 0.3) is 0 Å². The lowest BCUT2D eigenvalue weighted by Crippen LogP contribution is -2.23. The van der Waals surface area contributed by atoms with Gasteiger partial charge in [-0.3, -0.25) is 5.10 Å². The molecule has 0 aliphatic carbocycles. The Hall–Kier alpha value is -1.78. The molecular formula is C8H8N4O4S2. The van der Waals surface area contributed by atoms with Gasteiger partial charge in [-0.1, -0.05) is 0 Å². The lowest BCUT2D eigenvalue weighted by molar-refractivity contribution is 0.0697. The number of H-pyrrole nitrogens is 1. The number of aromatic nitrogens is 3. The zero-order chi connectivity index (χ0) is 13.2. The minimum Gasteiger partial charge on any atom is -0.478 e. The second-order valence-electron chi connectivity index (χ2n) is 3.22. The van der Waals surface area contributed by atoms with Gasteiger partial charge in [0.25, 0.3) is 0 Å². The van der Waals surface area contributed by atoms with E-state index in [0.717, 1.165) is 17.4 Å². The number of hydrogen-bond acceptors (Lipinski definition) is 6. The van der Waals surface area contributed by atoms with Gasteiger partial charge in [-0.25, -0.2) is 22.9 Å². The molecule has 0 aliphatic heterocycles. The molecule has 3 N–H and O–H groups in total. The SMILES string of the molecule is O=C(O)c1csc(S(=O)(=O)NCc2ncn[nH]2)c1. The molecule has 18 heavy (non-hydrogen) atoms. The van der Waals surface area contributed by atoms with Gasteiger partial charge < -0.3 is 5.11 Å². The van der Waals surface area contributed by atoms with E-state index in [1.54, 1.807) is 0 Å². The summed E-state index contributed by atoms with van der Waals surface area (Å²) in [4.78, 5) is 14.4. The van der Waals surface area contributed by atoms with E-state index >= 15 is 0 Å². The maximum atomic E-state index is 11.8. The molecule has 0 aromatic carbocycles. The van der Waals surface area contributed by atoms with Crippen LogP contribution in [0.5, 0.6) is 0 Å². The Morgan fingerprint density at radius 3 is 2.89 bits per heavy atom. The van der Waals surface area contributed by atoms with Gasteiger partial charge in [-0.15, -0.1) is 11.3 Å². The molecule has 0 unspecified atom stereocenters. The van der Waals surface area contributed by atoms with Crippen LogP contribution in [0.4, 0.5) is 0 Å². The van der Waals surface area contributed by atoms with Crippen LogP contribution in [0.3, 0.4) is 0 Å². The summed E-state index contributed by atoms with van der Waals surface area (Å²) in [5.41, 5.74) is -0.0555. The van der Waals surface area contributed by atoms with Crippen LogP contribution >= 0.6 is 11.3 Å². The minimum atomic E-state index is -3.73. The number of carboxylic acids is 1. The van der Waals surface area contributed by atoms with Gasteiger partial charge in [0.15, 0.2) is 0 Å². The van der Waals surface area contributed by atoms with Crippen LogP contribution in [0.2, 0.25) is 0 Å². The highest BCUT2D eigenvalue weighted by Gasteiger charge is 2.18. The van der Waals surface area contributed by atoms with Crippen molar-refractivity contribution in [1.29, 1.82) is 0 Å². The molecule has 0 saturated carbocycles. The maximum Gasteiger partial charge on any atom is 0.336 e. The normalized spacial score (nSPS) is 11.6. The molecule has 96 valence electrons. The first-order chi connectivity index (χ1) is 8.49. The van der Waals surface area contributed by atoms with E-state index in [2.05, 4.69) is 19.9 Å². The van der Waals surface area contributed by atoms with Gasteiger partial charge >= 0.3 is 5.97 Å². The molecule has 0 amide bonds. The molecule has 0 aliphatic rings. The smallest absolute Gasteiger partial charge is 0.336 e. The monoisotopic (exact) mass is 288 g/mol. The number of rotatable bonds is 5. The third kappa shape index (κ3) is 2.72. The summed E-state index contributed by atoms with van der Waals surface area (Å²) in [6, 6.07) is 1.11. The van der Waals surface area contributed by atoms with E-state index in [9.17, 15) is 13.2 Å². The molecule has 0 bridgehead atoms. The van der Waals surface area contributed by atoms with Crippen LogP contribution in [0, 0.1) is 0 Å².